The lowest BCUT2D eigenvalue weighted by molar-refractivity contribution is 0.195. The topological polar surface area (TPSA) is 49.7 Å². The number of rotatable bonds is 4. The van der Waals surface area contributed by atoms with Crippen LogP contribution < -0.4 is 0 Å². The van der Waals surface area contributed by atoms with Crippen LogP contribution in [0.15, 0.2) is 0 Å². The molecule has 0 fully saturated rings. The Morgan fingerprint density at radius 2 is 2.27 bits per heavy atom. The van der Waals surface area contributed by atoms with E-state index >= 15 is 0 Å². The van der Waals surface area contributed by atoms with Crippen LogP contribution in [0.25, 0.3) is 0 Å². The van der Waals surface area contributed by atoms with Crippen LogP contribution in [0.4, 0.5) is 0 Å². The van der Waals surface area contributed by atoms with Crippen LogP contribution in [0.2, 0.25) is 0 Å². The number of hydrogen-bond donors (Lipinski definition) is 2. The van der Waals surface area contributed by atoms with Crippen molar-refractivity contribution in [3.63, 3.8) is 0 Å². The van der Waals surface area contributed by atoms with Crippen molar-refractivity contribution in [3.05, 3.63) is 0 Å². The first-order valence-corrected chi connectivity index (χ1v) is 3.72. The highest BCUT2D eigenvalue weighted by Crippen LogP contribution is 1.93. The second kappa shape index (κ2) is 7.39. The Labute approximate surface area is 67.0 Å². The molecule has 64 valence electrons. The molecule has 0 aliphatic carbocycles. The largest absolute Gasteiger partial charge is 0.447 e. The monoisotopic (exact) mass is 158 g/mol. The number of hydrogen-bond acceptors (Lipinski definition) is 3. The maximum atomic E-state index is 9.04. The van der Waals surface area contributed by atoms with Crippen LogP contribution in [0.3, 0.4) is 0 Å². The van der Waals surface area contributed by atoms with Gasteiger partial charge in [0.05, 0.1) is 6.61 Å². The third-order valence-corrected chi connectivity index (χ3v) is 1.08. The molecule has 0 aliphatic rings. The molecule has 0 saturated heterocycles. The van der Waals surface area contributed by atoms with E-state index in [1.807, 2.05) is 6.92 Å². The van der Waals surface area contributed by atoms with E-state index in [0.717, 1.165) is 0 Å². The fourth-order valence-corrected chi connectivity index (χ4v) is 0.539. The number of aliphatic hydroxyl groups excluding tert-OH is 2. The van der Waals surface area contributed by atoms with E-state index in [1.165, 1.54) is 0 Å². The summed E-state index contributed by atoms with van der Waals surface area (Å²) in [7, 11) is 0. The summed E-state index contributed by atoms with van der Waals surface area (Å²) in [6.07, 6.45) is 2.76. The number of ether oxygens (including phenoxy) is 1. The van der Waals surface area contributed by atoms with Crippen LogP contribution in [0.5, 0.6) is 0 Å². The van der Waals surface area contributed by atoms with Crippen molar-refractivity contribution in [2.45, 2.75) is 25.9 Å². The quantitative estimate of drug-likeness (QED) is 0.571. The summed E-state index contributed by atoms with van der Waals surface area (Å²) in [5, 5.41) is 17.4. The Kier molecular flexibility index (Phi) is 6.90. The maximum Gasteiger partial charge on any atom is 0.118 e. The van der Waals surface area contributed by atoms with Crippen molar-refractivity contribution in [2.75, 3.05) is 13.2 Å². The molecule has 0 spiro atoms. The summed E-state index contributed by atoms with van der Waals surface area (Å²) >= 11 is 0. The van der Waals surface area contributed by atoms with Crippen molar-refractivity contribution in [1.29, 1.82) is 0 Å². The average molecular weight is 158 g/mol. The normalized spacial score (nSPS) is 11.5. The second-order valence-electron chi connectivity index (χ2n) is 2.06. The summed E-state index contributed by atoms with van der Waals surface area (Å²) in [5.74, 6) is 2.49. The van der Waals surface area contributed by atoms with E-state index in [2.05, 4.69) is 12.0 Å². The van der Waals surface area contributed by atoms with Gasteiger partial charge in [0.2, 0.25) is 0 Å². The summed E-state index contributed by atoms with van der Waals surface area (Å²) in [6, 6.07) is 0. The SMILES string of the molecule is CCOC#CC(O)CCCO. The Morgan fingerprint density at radius 3 is 2.82 bits per heavy atom. The molecule has 0 aromatic carbocycles. The Hall–Kier alpha value is -0.720. The maximum absolute atomic E-state index is 9.04. The van der Waals surface area contributed by atoms with Crippen molar-refractivity contribution in [1.82, 2.24) is 0 Å². The molecular formula is C8H14O3. The molecule has 0 aromatic rings. The van der Waals surface area contributed by atoms with Gasteiger partial charge in [-0.2, -0.15) is 0 Å². The van der Waals surface area contributed by atoms with E-state index in [9.17, 15) is 0 Å². The molecule has 0 bridgehead atoms. The molecule has 0 aliphatic heterocycles. The minimum Gasteiger partial charge on any atom is -0.447 e. The molecule has 0 rings (SSSR count). The van der Waals surface area contributed by atoms with Gasteiger partial charge in [0.25, 0.3) is 0 Å². The molecule has 11 heavy (non-hydrogen) atoms. The van der Waals surface area contributed by atoms with Gasteiger partial charge in [-0.25, -0.2) is 0 Å². The van der Waals surface area contributed by atoms with E-state index in [-0.39, 0.29) is 6.61 Å². The molecule has 2 N–H and O–H groups in total. The highest BCUT2D eigenvalue weighted by atomic mass is 16.5. The minimum atomic E-state index is -0.673. The molecule has 0 aromatic heterocycles. The molecule has 0 saturated carbocycles. The van der Waals surface area contributed by atoms with Crippen LogP contribution >= 0.6 is 0 Å². The Balaban J connectivity index is 3.36. The number of aliphatic hydroxyl groups is 2. The predicted molar refractivity (Wildman–Crippen MR) is 41.7 cm³/mol. The van der Waals surface area contributed by atoms with Gasteiger partial charge < -0.3 is 14.9 Å². The van der Waals surface area contributed by atoms with Crippen molar-refractivity contribution in [2.24, 2.45) is 0 Å². The van der Waals surface area contributed by atoms with Gasteiger partial charge in [-0.3, -0.25) is 0 Å². The van der Waals surface area contributed by atoms with Crippen molar-refractivity contribution in [3.8, 4) is 12.0 Å². The summed E-state index contributed by atoms with van der Waals surface area (Å²) in [4.78, 5) is 0. The van der Waals surface area contributed by atoms with E-state index in [4.69, 9.17) is 14.9 Å². The van der Waals surface area contributed by atoms with Gasteiger partial charge in [-0.1, -0.05) is 0 Å². The van der Waals surface area contributed by atoms with Crippen LogP contribution in [0.1, 0.15) is 19.8 Å². The van der Waals surface area contributed by atoms with E-state index in [0.29, 0.717) is 19.4 Å². The third-order valence-electron chi connectivity index (χ3n) is 1.08. The van der Waals surface area contributed by atoms with Crippen LogP contribution in [0, 0.1) is 12.0 Å². The molecule has 0 radical (unpaired) electrons. The summed E-state index contributed by atoms with van der Waals surface area (Å²) in [6.45, 7) is 2.45. The molecule has 3 nitrogen and oxygen atoms in total. The zero-order valence-electron chi connectivity index (χ0n) is 6.71. The Bertz CT molecular complexity index is 134. The zero-order chi connectivity index (χ0) is 8.53. The van der Waals surface area contributed by atoms with Crippen LogP contribution in [-0.2, 0) is 4.74 Å². The smallest absolute Gasteiger partial charge is 0.118 e. The lowest BCUT2D eigenvalue weighted by Gasteiger charge is -1.98. The molecular weight excluding hydrogens is 144 g/mol. The highest BCUT2D eigenvalue weighted by molar-refractivity contribution is 4.98. The second-order valence-corrected chi connectivity index (χ2v) is 2.06. The predicted octanol–water partition coefficient (Wildman–Crippen LogP) is 0.117. The van der Waals surface area contributed by atoms with Gasteiger partial charge in [0.15, 0.2) is 0 Å². The van der Waals surface area contributed by atoms with Gasteiger partial charge in [-0.05, 0) is 25.7 Å². The van der Waals surface area contributed by atoms with Gasteiger partial charge in [0, 0.05) is 6.61 Å². The van der Waals surface area contributed by atoms with Crippen LogP contribution in [-0.4, -0.2) is 29.5 Å². The first-order chi connectivity index (χ1) is 5.31. The van der Waals surface area contributed by atoms with Crippen molar-refractivity contribution < 1.29 is 14.9 Å². The highest BCUT2D eigenvalue weighted by Gasteiger charge is 1.96. The lowest BCUT2D eigenvalue weighted by Crippen LogP contribution is -2.03. The summed E-state index contributed by atoms with van der Waals surface area (Å²) < 4.78 is 4.70. The molecule has 3 heteroatoms. The fraction of sp³-hybridized carbons (Fsp3) is 0.750. The van der Waals surface area contributed by atoms with Crippen molar-refractivity contribution >= 4 is 0 Å². The van der Waals surface area contributed by atoms with Gasteiger partial charge in [0.1, 0.15) is 12.2 Å². The Morgan fingerprint density at radius 1 is 1.55 bits per heavy atom. The first kappa shape index (κ1) is 10.3. The van der Waals surface area contributed by atoms with E-state index in [1.54, 1.807) is 0 Å². The van der Waals surface area contributed by atoms with Gasteiger partial charge in [-0.15, -0.1) is 0 Å². The molecule has 1 atom stereocenters. The molecule has 0 amide bonds. The summed E-state index contributed by atoms with van der Waals surface area (Å²) in [5.41, 5.74) is 0. The third kappa shape index (κ3) is 7.17. The minimum absolute atomic E-state index is 0.0906. The van der Waals surface area contributed by atoms with E-state index < -0.39 is 6.10 Å². The van der Waals surface area contributed by atoms with Gasteiger partial charge >= 0.3 is 0 Å². The lowest BCUT2D eigenvalue weighted by atomic mass is 10.2. The standard InChI is InChI=1S/C8H14O3/c1-2-11-7-5-8(10)4-3-6-9/h8-10H,2-4,6H2,1H3. The zero-order valence-corrected chi connectivity index (χ0v) is 6.71. The fourth-order valence-electron chi connectivity index (χ4n) is 0.539. The first-order valence-electron chi connectivity index (χ1n) is 3.72. The molecule has 1 unspecified atom stereocenters. The average Bonchev–Trinajstić information content (AvgIpc) is 2.01. The molecule has 0 heterocycles.